The number of urea groups is 1. The van der Waals surface area contributed by atoms with Gasteiger partial charge in [0, 0.05) is 10.9 Å². The van der Waals surface area contributed by atoms with E-state index in [1.807, 2.05) is 24.3 Å². The lowest BCUT2D eigenvalue weighted by atomic mass is 9.69. The summed E-state index contributed by atoms with van der Waals surface area (Å²) in [6, 6.07) is 18.6. The Morgan fingerprint density at radius 3 is 2.29 bits per heavy atom. The van der Waals surface area contributed by atoms with Crippen LogP contribution in [-0.4, -0.2) is 56.9 Å². The van der Waals surface area contributed by atoms with Crippen molar-refractivity contribution in [2.24, 2.45) is 0 Å². The number of anilines is 1. The molecule has 1 N–H and O–H groups in total. The molecule has 2 aromatic carbocycles. The molecule has 2 fully saturated rings. The highest BCUT2D eigenvalue weighted by Gasteiger charge is 2.50. The quantitative estimate of drug-likeness (QED) is 0.489. The van der Waals surface area contributed by atoms with Gasteiger partial charge in [0.15, 0.2) is 0 Å². The number of hydrogen-bond acceptors (Lipinski definition) is 5. The summed E-state index contributed by atoms with van der Waals surface area (Å²) in [6.45, 7) is 0.623. The number of benzene rings is 2. The molecule has 2 aromatic heterocycles. The van der Waals surface area contributed by atoms with E-state index in [4.69, 9.17) is 0 Å². The fraction of sp³-hybridized carbons (Fsp3) is 0.333. The number of para-hydroxylation sites is 1. The Morgan fingerprint density at radius 1 is 0.886 bits per heavy atom. The van der Waals surface area contributed by atoms with E-state index < -0.39 is 0 Å². The van der Waals surface area contributed by atoms with Crippen molar-refractivity contribution in [3.63, 3.8) is 0 Å². The maximum absolute atomic E-state index is 13.0. The summed E-state index contributed by atoms with van der Waals surface area (Å²) in [5.41, 5.74) is 2.75. The Kier molecular flexibility index (Phi) is 5.07. The first kappa shape index (κ1) is 21.7. The molecule has 1 aliphatic heterocycles. The fourth-order valence-electron chi connectivity index (χ4n) is 5.78. The molecule has 35 heavy (non-hydrogen) atoms. The Bertz CT molecular complexity index is 1360. The molecule has 8 nitrogen and oxygen atoms in total. The van der Waals surface area contributed by atoms with Crippen LogP contribution in [0.4, 0.5) is 10.5 Å². The second-order valence-electron chi connectivity index (χ2n) is 9.95. The second-order valence-corrected chi connectivity index (χ2v) is 9.95. The highest BCUT2D eigenvalue weighted by Crippen LogP contribution is 2.46. The van der Waals surface area contributed by atoms with Crippen molar-refractivity contribution in [3.8, 4) is 5.95 Å². The predicted molar refractivity (Wildman–Crippen MR) is 136 cm³/mol. The van der Waals surface area contributed by atoms with Gasteiger partial charge in [0.05, 0.1) is 41.9 Å². The Morgan fingerprint density at radius 2 is 1.57 bits per heavy atom. The Balaban J connectivity index is 1.21. The van der Waals surface area contributed by atoms with Gasteiger partial charge in [-0.3, -0.25) is 9.80 Å². The number of hydrogen-bond donors (Lipinski definition) is 1. The van der Waals surface area contributed by atoms with Crippen LogP contribution in [0.5, 0.6) is 0 Å². The van der Waals surface area contributed by atoms with Crippen LogP contribution in [-0.2, 0) is 5.54 Å². The van der Waals surface area contributed by atoms with E-state index in [1.54, 1.807) is 28.2 Å². The van der Waals surface area contributed by atoms with Crippen molar-refractivity contribution >= 4 is 22.6 Å². The number of rotatable bonds is 4. The molecule has 1 saturated heterocycles. The number of amides is 2. The first-order chi connectivity index (χ1) is 17.0. The van der Waals surface area contributed by atoms with Crippen LogP contribution in [0.2, 0.25) is 0 Å². The Labute approximate surface area is 204 Å². The van der Waals surface area contributed by atoms with Crippen molar-refractivity contribution in [1.82, 2.24) is 30.0 Å². The molecule has 8 heteroatoms. The molecule has 1 saturated carbocycles. The minimum atomic E-state index is -0.234. The molecule has 6 rings (SSSR count). The SMILES string of the molecule is CN(C)C1(c2ccccc2)CCC2(CC1)CN(c1cnc(-n3ncc4ccccc43)nc1)C(=O)N2. The van der Waals surface area contributed by atoms with E-state index >= 15 is 0 Å². The highest BCUT2D eigenvalue weighted by molar-refractivity contribution is 5.95. The summed E-state index contributed by atoms with van der Waals surface area (Å²) in [4.78, 5) is 26.2. The van der Waals surface area contributed by atoms with Crippen LogP contribution in [0, 0.1) is 0 Å². The summed E-state index contributed by atoms with van der Waals surface area (Å²) in [5.74, 6) is 0.487. The monoisotopic (exact) mass is 467 g/mol. The molecular weight excluding hydrogens is 438 g/mol. The predicted octanol–water partition coefficient (Wildman–Crippen LogP) is 4.12. The van der Waals surface area contributed by atoms with Crippen LogP contribution in [0.15, 0.2) is 73.2 Å². The van der Waals surface area contributed by atoms with Crippen molar-refractivity contribution in [1.29, 1.82) is 0 Å². The van der Waals surface area contributed by atoms with Crippen molar-refractivity contribution < 1.29 is 4.79 Å². The minimum Gasteiger partial charge on any atom is -0.330 e. The van der Waals surface area contributed by atoms with Crippen LogP contribution >= 0.6 is 0 Å². The third-order valence-corrected chi connectivity index (χ3v) is 7.88. The molecular formula is C27H29N7O. The Hall–Kier alpha value is -3.78. The number of nitrogens with one attached hydrogen (secondary N) is 1. The summed E-state index contributed by atoms with van der Waals surface area (Å²) < 4.78 is 1.72. The molecule has 3 heterocycles. The minimum absolute atomic E-state index is 0.0119. The van der Waals surface area contributed by atoms with E-state index in [2.05, 4.69) is 69.7 Å². The maximum atomic E-state index is 13.0. The number of carbonyl (C=O) groups is 1. The molecule has 178 valence electrons. The van der Waals surface area contributed by atoms with Gasteiger partial charge in [-0.05, 0) is 51.4 Å². The van der Waals surface area contributed by atoms with Crippen molar-refractivity contribution in [2.45, 2.75) is 36.8 Å². The van der Waals surface area contributed by atoms with Gasteiger partial charge in [0.1, 0.15) is 0 Å². The van der Waals surface area contributed by atoms with Crippen LogP contribution < -0.4 is 10.2 Å². The van der Waals surface area contributed by atoms with Crippen LogP contribution in [0.25, 0.3) is 16.9 Å². The normalized spacial score (nSPS) is 24.4. The van der Waals surface area contributed by atoms with E-state index in [0.29, 0.717) is 18.2 Å². The van der Waals surface area contributed by atoms with Gasteiger partial charge in [-0.25, -0.2) is 14.8 Å². The lowest BCUT2D eigenvalue weighted by molar-refractivity contribution is 0.0658. The number of nitrogens with zero attached hydrogens (tertiary/aromatic N) is 6. The third kappa shape index (κ3) is 3.56. The zero-order valence-electron chi connectivity index (χ0n) is 20.1. The van der Waals surface area contributed by atoms with E-state index in [0.717, 1.165) is 36.6 Å². The van der Waals surface area contributed by atoms with Crippen LogP contribution in [0.3, 0.4) is 0 Å². The summed E-state index contributed by atoms with van der Waals surface area (Å²) >= 11 is 0. The van der Waals surface area contributed by atoms with Gasteiger partial charge in [-0.15, -0.1) is 0 Å². The van der Waals surface area contributed by atoms with Crippen molar-refractivity contribution in [2.75, 3.05) is 25.5 Å². The maximum Gasteiger partial charge on any atom is 0.322 e. The van der Waals surface area contributed by atoms with Gasteiger partial charge >= 0.3 is 6.03 Å². The second kappa shape index (κ2) is 8.16. The van der Waals surface area contributed by atoms with Gasteiger partial charge < -0.3 is 5.32 Å². The molecule has 0 unspecified atom stereocenters. The lowest BCUT2D eigenvalue weighted by Crippen LogP contribution is -2.54. The van der Waals surface area contributed by atoms with E-state index in [9.17, 15) is 4.79 Å². The molecule has 0 bridgehead atoms. The molecule has 0 radical (unpaired) electrons. The highest BCUT2D eigenvalue weighted by atomic mass is 16.2. The van der Waals surface area contributed by atoms with E-state index in [-0.39, 0.29) is 17.1 Å². The molecule has 1 aliphatic carbocycles. The van der Waals surface area contributed by atoms with Gasteiger partial charge in [0.25, 0.3) is 5.95 Å². The zero-order valence-corrected chi connectivity index (χ0v) is 20.1. The number of aromatic nitrogens is 4. The lowest BCUT2D eigenvalue weighted by Gasteiger charge is -2.48. The summed E-state index contributed by atoms with van der Waals surface area (Å²) in [7, 11) is 4.32. The molecule has 2 aliphatic rings. The van der Waals surface area contributed by atoms with Crippen LogP contribution in [0.1, 0.15) is 31.2 Å². The molecule has 4 aromatic rings. The van der Waals surface area contributed by atoms with E-state index in [1.165, 1.54) is 5.56 Å². The average molecular weight is 468 g/mol. The van der Waals surface area contributed by atoms with Crippen molar-refractivity contribution in [3.05, 3.63) is 78.8 Å². The topological polar surface area (TPSA) is 79.2 Å². The van der Waals surface area contributed by atoms with Gasteiger partial charge in [-0.1, -0.05) is 48.5 Å². The molecule has 1 spiro atoms. The first-order valence-electron chi connectivity index (χ1n) is 12.1. The fourth-order valence-corrected chi connectivity index (χ4v) is 5.78. The number of carbonyl (C=O) groups excluding carboxylic acids is 1. The third-order valence-electron chi connectivity index (χ3n) is 7.88. The van der Waals surface area contributed by atoms with Gasteiger partial charge in [0.2, 0.25) is 0 Å². The largest absolute Gasteiger partial charge is 0.330 e. The first-order valence-corrected chi connectivity index (χ1v) is 12.1. The molecule has 2 amide bonds. The molecule has 0 atom stereocenters. The number of fused-ring (bicyclic) bond motifs is 1. The average Bonchev–Trinajstić information content (AvgIpc) is 3.46. The van der Waals surface area contributed by atoms with Gasteiger partial charge in [-0.2, -0.15) is 9.78 Å². The standard InChI is InChI=1S/C27H29N7O/c1-32(2)27(21-9-4-3-5-10-21)14-12-26(13-15-27)19-33(25(35)31-26)22-17-28-24(29-18-22)34-23-11-7-6-8-20(23)16-30-34/h3-11,16-18H,12-15,19H2,1-2H3,(H,31,35). The smallest absolute Gasteiger partial charge is 0.322 e. The summed E-state index contributed by atoms with van der Waals surface area (Å²) in [5, 5.41) is 8.76. The zero-order chi connectivity index (χ0) is 24.0. The summed E-state index contributed by atoms with van der Waals surface area (Å²) in [6.07, 6.45) is 9.04.